The van der Waals surface area contributed by atoms with Crippen LogP contribution in [0, 0.1) is 22.7 Å². The van der Waals surface area contributed by atoms with Gasteiger partial charge >= 0.3 is 325 Å². The molecule has 0 amide bonds. The zero-order valence-corrected chi connectivity index (χ0v) is 52.3. The Morgan fingerprint density at radius 2 is 0.506 bits per heavy atom. The topological polar surface area (TPSA) is 54.1 Å². The molecule has 15 aromatic carbocycles. The Hall–Kier alpha value is -11.2. The summed E-state index contributed by atoms with van der Waals surface area (Å²) >= 11 is 0.727. The van der Waals surface area contributed by atoms with Crippen molar-refractivity contribution < 1.29 is 0 Å². The van der Waals surface area contributed by atoms with Gasteiger partial charge in [-0.3, -0.25) is 0 Å². The van der Waals surface area contributed by atoms with Crippen molar-refractivity contribution in [3.63, 3.8) is 0 Å². The zero-order chi connectivity index (χ0) is 59.8. The zero-order valence-electron chi connectivity index (χ0n) is 48.4. The molecule has 0 unspecified atom stereocenters. The van der Waals surface area contributed by atoms with Crippen LogP contribution in [0.3, 0.4) is 0 Å². The molecular weight excluding hydrogens is 1270 g/mol. The average Bonchev–Trinajstić information content (AvgIpc) is 1.68. The molecule has 0 saturated heterocycles. The van der Waals surface area contributed by atoms with Crippen molar-refractivity contribution in [3.05, 3.63) is 333 Å². The van der Waals surface area contributed by atoms with Crippen LogP contribution in [0.25, 0.3) is 110 Å². The molecule has 0 bridgehead atoms. The van der Waals surface area contributed by atoms with Gasteiger partial charge in [0.05, 0.1) is 11.4 Å². The molecule has 15 rings (SSSR count). The van der Waals surface area contributed by atoms with E-state index in [9.17, 15) is 10.5 Å². The predicted octanol–water partition coefficient (Wildman–Crippen LogP) is 21.7. The molecule has 0 aliphatic rings. The van der Waals surface area contributed by atoms with Gasteiger partial charge in [-0.15, -0.1) is 0 Å². The minimum absolute atomic E-state index is 0.526. The van der Waals surface area contributed by atoms with Gasteiger partial charge < -0.3 is 0 Å². The van der Waals surface area contributed by atoms with Crippen LogP contribution in [0.4, 0.5) is 34.1 Å². The van der Waals surface area contributed by atoms with Crippen LogP contribution in [-0.4, -0.2) is 25.8 Å². The van der Waals surface area contributed by atoms with Gasteiger partial charge in [0, 0.05) is 11.1 Å². The Bertz CT molecular complexity index is 5070. The Morgan fingerprint density at radius 1 is 0.236 bits per heavy atom. The Kier molecular flexibility index (Phi) is 14.5. The van der Waals surface area contributed by atoms with Gasteiger partial charge in [-0.1, -0.05) is 133 Å². The molecule has 0 aromatic heterocycles. The molecule has 0 atom stereocenters. The fraction of sp³-hybridized carbons (Fsp3) is 0. The van der Waals surface area contributed by atoms with Crippen LogP contribution in [0.5, 0.6) is 0 Å². The van der Waals surface area contributed by atoms with E-state index in [2.05, 4.69) is 343 Å². The van der Waals surface area contributed by atoms with E-state index >= 15 is 0 Å². The van der Waals surface area contributed by atoms with Crippen molar-refractivity contribution in [2.75, 3.05) is 9.80 Å². The molecule has 5 heteroatoms. The second kappa shape index (κ2) is 23.6. The van der Waals surface area contributed by atoms with E-state index in [4.69, 9.17) is 0 Å². The van der Waals surface area contributed by atoms with E-state index in [-0.39, 0.29) is 0 Å². The number of anilines is 6. The van der Waals surface area contributed by atoms with Crippen LogP contribution in [-0.2, 0) is 0 Å². The summed E-state index contributed by atoms with van der Waals surface area (Å²) < 4.78 is 1.19. The first kappa shape index (κ1) is 54.5. The van der Waals surface area contributed by atoms with E-state index < -0.39 is 0 Å². The van der Waals surface area contributed by atoms with E-state index in [1.807, 2.05) is 0 Å². The van der Waals surface area contributed by atoms with Gasteiger partial charge in [0.1, 0.15) is 0 Å². The number of nitrogens with zero attached hydrogens (tertiary/aromatic N) is 4. The maximum absolute atomic E-state index is 12.0. The van der Waals surface area contributed by atoms with Crippen molar-refractivity contribution in [1.82, 2.24) is 0 Å². The molecule has 4 nitrogen and oxygen atoms in total. The van der Waals surface area contributed by atoms with Gasteiger partial charge in [-0.25, -0.2) is 0 Å². The van der Waals surface area contributed by atoms with Gasteiger partial charge in [-0.05, 0) is 57.6 Å². The summed E-state index contributed by atoms with van der Waals surface area (Å²) in [6.45, 7) is 0. The van der Waals surface area contributed by atoms with E-state index in [0.29, 0.717) is 11.1 Å². The van der Waals surface area contributed by atoms with E-state index in [1.165, 1.54) is 3.12 Å². The third-order valence-corrected chi connectivity index (χ3v) is 18.8. The van der Waals surface area contributed by atoms with Gasteiger partial charge in [0.15, 0.2) is 0 Å². The quantitative estimate of drug-likeness (QED) is 0.0853. The van der Waals surface area contributed by atoms with Crippen molar-refractivity contribution in [1.29, 1.82) is 10.5 Å². The van der Waals surface area contributed by atoms with Gasteiger partial charge in [0.25, 0.3) is 0 Å². The summed E-state index contributed by atoms with van der Waals surface area (Å²) in [6.07, 6.45) is 0. The molecular formula is C84H53N4Pb. The molecule has 0 heterocycles. The monoisotopic (exact) mass is 1330 g/mol. The molecule has 0 saturated carbocycles. The number of hydrogen-bond acceptors (Lipinski definition) is 4. The number of nitriles is 2. The normalized spacial score (nSPS) is 11.2. The first-order valence-electron chi connectivity index (χ1n) is 29.8. The summed E-state index contributed by atoms with van der Waals surface area (Å²) in [7, 11) is 0. The molecule has 0 N–H and O–H groups in total. The first-order chi connectivity index (χ1) is 44.0. The summed E-state index contributed by atoms with van der Waals surface area (Å²) in [5.74, 6) is 0. The second-order valence-corrected chi connectivity index (χ2v) is 24.4. The van der Waals surface area contributed by atoms with E-state index in [1.54, 1.807) is 0 Å². The third kappa shape index (κ3) is 10.1. The molecule has 413 valence electrons. The number of rotatable bonds is 13. The van der Waals surface area contributed by atoms with Gasteiger partial charge in [0.2, 0.25) is 0 Å². The Balaban J connectivity index is 0.984. The molecule has 0 aliphatic carbocycles. The average molecular weight is 1330 g/mol. The Morgan fingerprint density at radius 3 is 0.798 bits per heavy atom. The Labute approximate surface area is 534 Å². The number of hydrogen-bond donors (Lipinski definition) is 0. The van der Waals surface area contributed by atoms with Crippen molar-refractivity contribution in [3.8, 4) is 90.0 Å². The summed E-state index contributed by atoms with van der Waals surface area (Å²) in [4.78, 5) is 4.65. The van der Waals surface area contributed by atoms with Crippen LogP contribution in [0.1, 0.15) is 11.1 Å². The van der Waals surface area contributed by atoms with Gasteiger partial charge in [-0.2, -0.15) is 0 Å². The molecule has 89 heavy (non-hydrogen) atoms. The standard InChI is InChI=1S/C84H53N4.Pb/c85-55-76-71-45-39-69-54-82(88(79-48-41-66(59-26-12-3-13-27-59)51-74(79)63-32-18-6-19-33-63)80-49-42-67(60-28-14-4-15-29-60)52-75(80)64-34-20-7-21-35-64)77(56-86)72-46-38-68(83(71)84(69)72)53-81(76)87(70-43-36-61(37-44-70)57-22-8-1-9-23-57)78-47-40-65(58-24-10-2-11-25-58)50-73(78)62-30-16-5-17-31-62;/h1-43,45-54H;. The molecule has 15 aromatic rings. The maximum atomic E-state index is 12.0. The fourth-order valence-corrected chi connectivity index (χ4v) is 14.4. The molecule has 0 spiro atoms. The van der Waals surface area contributed by atoms with Crippen LogP contribution in [0.2, 0.25) is 0 Å². The summed E-state index contributed by atoms with van der Waals surface area (Å²) in [5.41, 5.74) is 21.5. The second-order valence-electron chi connectivity index (χ2n) is 22.3. The number of benzene rings is 15. The predicted molar refractivity (Wildman–Crippen MR) is 372 cm³/mol. The SMILES string of the molecule is N#Cc1c(N(c2ccc(-c3ccccc3)c[c]2[Pb])c2ccc(-c3ccccc3)cc2-c2ccccc2)cc2ccc3c(C#N)c(N(c4ccc(-c5ccccc5)cc4-c4ccccc4)c4ccc(-c5ccccc5)cc4-c4ccccc4)cc4ccc1c2c43. The molecule has 0 fully saturated rings. The van der Waals surface area contributed by atoms with Crippen LogP contribution in [0.15, 0.2) is 322 Å². The van der Waals surface area contributed by atoms with Crippen molar-refractivity contribution in [2.45, 2.75) is 0 Å². The van der Waals surface area contributed by atoms with Crippen LogP contribution >= 0.6 is 0 Å². The third-order valence-electron chi connectivity index (χ3n) is 17.2. The fourth-order valence-electron chi connectivity index (χ4n) is 13.0. The molecule has 0 aliphatic heterocycles. The van der Waals surface area contributed by atoms with Crippen LogP contribution < -0.4 is 12.9 Å². The summed E-state index contributed by atoms with van der Waals surface area (Å²) in [6, 6.07) is 119. The first-order valence-corrected chi connectivity index (χ1v) is 31.8. The van der Waals surface area contributed by atoms with Crippen molar-refractivity contribution in [2.24, 2.45) is 0 Å². The summed E-state index contributed by atoms with van der Waals surface area (Å²) in [5, 5.41) is 29.3. The molecule has 3 radical (unpaired) electrons. The van der Waals surface area contributed by atoms with E-state index in [0.717, 1.165) is 170 Å². The van der Waals surface area contributed by atoms with Crippen molar-refractivity contribution >= 4 is 95.3 Å². The minimum atomic E-state index is 0.526.